The van der Waals surface area contributed by atoms with Crippen LogP contribution in [0.15, 0.2) is 76.7 Å². The van der Waals surface area contributed by atoms with Gasteiger partial charge in [-0.3, -0.25) is 0 Å². The molecule has 0 spiro atoms. The molecular formula is C26H25N2S2+. The second-order valence-corrected chi connectivity index (χ2v) is 9.62. The van der Waals surface area contributed by atoms with Crippen molar-refractivity contribution in [3.05, 3.63) is 82.3 Å². The third-order valence-electron chi connectivity index (χ3n) is 5.61. The maximum absolute atomic E-state index is 2.44. The number of rotatable bonds is 4. The van der Waals surface area contributed by atoms with Gasteiger partial charge in [-0.2, -0.15) is 4.57 Å². The fourth-order valence-electron chi connectivity index (χ4n) is 4.19. The summed E-state index contributed by atoms with van der Waals surface area (Å²) in [4.78, 5) is 3.75. The van der Waals surface area contributed by atoms with Gasteiger partial charge < -0.3 is 4.90 Å². The number of hydrogen-bond donors (Lipinski definition) is 0. The third-order valence-corrected chi connectivity index (χ3v) is 7.84. The summed E-state index contributed by atoms with van der Waals surface area (Å²) >= 11 is 3.74. The number of aryl methyl sites for hydroxylation is 2. The number of anilines is 1. The lowest BCUT2D eigenvalue weighted by molar-refractivity contribution is -0.664. The molecule has 1 aliphatic rings. The summed E-state index contributed by atoms with van der Waals surface area (Å²) in [5.41, 5.74) is 3.99. The number of hydrogen-bond acceptors (Lipinski definition) is 3. The van der Waals surface area contributed by atoms with Crippen molar-refractivity contribution in [1.29, 1.82) is 0 Å². The first kappa shape index (κ1) is 19.4. The van der Waals surface area contributed by atoms with Crippen LogP contribution in [-0.2, 0) is 6.54 Å². The van der Waals surface area contributed by atoms with Gasteiger partial charge in [0.2, 0.25) is 5.52 Å². The number of fused-ring (bicyclic) bond motifs is 4. The number of aromatic nitrogens is 1. The Morgan fingerprint density at radius 3 is 2.73 bits per heavy atom. The van der Waals surface area contributed by atoms with Gasteiger partial charge in [0.15, 0.2) is 0 Å². The highest BCUT2D eigenvalue weighted by atomic mass is 32.2. The zero-order valence-electron chi connectivity index (χ0n) is 17.6. The molecule has 1 aromatic heterocycles. The highest BCUT2D eigenvalue weighted by Crippen LogP contribution is 2.46. The molecule has 150 valence electrons. The van der Waals surface area contributed by atoms with E-state index in [0.717, 1.165) is 13.1 Å². The smallest absolute Gasteiger partial charge is 0.262 e. The highest BCUT2D eigenvalue weighted by molar-refractivity contribution is 8.03. The lowest BCUT2D eigenvalue weighted by Crippen LogP contribution is -2.33. The Morgan fingerprint density at radius 2 is 1.90 bits per heavy atom. The standard InChI is InChI=1S/C26H25N2S2/c1-4-27-21-15-13-18(3)17-23(21)30-24(27)11-8-12-25-28(5-2)26-20-10-7-6-9-19(20)14-16-22(26)29-25/h6-17H,4-5H2,1-3H3/q+1. The number of thioether (sulfide) groups is 1. The molecular weight excluding hydrogens is 404 g/mol. The number of nitrogens with zero attached hydrogens (tertiary/aromatic N) is 2. The van der Waals surface area contributed by atoms with Gasteiger partial charge in [0.05, 0.1) is 16.1 Å². The molecule has 0 saturated carbocycles. The van der Waals surface area contributed by atoms with Crippen LogP contribution in [0.25, 0.3) is 27.1 Å². The summed E-state index contributed by atoms with van der Waals surface area (Å²) in [6, 6.07) is 19.9. The molecule has 1 aliphatic heterocycles. The van der Waals surface area contributed by atoms with Gasteiger partial charge in [0.25, 0.3) is 5.01 Å². The summed E-state index contributed by atoms with van der Waals surface area (Å²) in [7, 11) is 0. The van der Waals surface area contributed by atoms with E-state index in [1.54, 1.807) is 0 Å². The molecule has 0 radical (unpaired) electrons. The molecule has 0 unspecified atom stereocenters. The molecule has 2 heterocycles. The van der Waals surface area contributed by atoms with Crippen LogP contribution < -0.4 is 9.47 Å². The predicted molar refractivity (Wildman–Crippen MR) is 132 cm³/mol. The van der Waals surface area contributed by atoms with Crippen LogP contribution in [0.1, 0.15) is 24.4 Å². The Labute approximate surface area is 186 Å². The van der Waals surface area contributed by atoms with E-state index < -0.39 is 0 Å². The predicted octanol–water partition coefficient (Wildman–Crippen LogP) is 7.16. The monoisotopic (exact) mass is 429 g/mol. The highest BCUT2D eigenvalue weighted by Gasteiger charge is 2.23. The SMILES string of the molecule is CCN1/C(=C/C=C/c2sc3ccc4ccccc4c3[n+]2CC)Sc2cc(C)ccc21. The number of thiazole rings is 1. The normalized spacial score (nSPS) is 15.2. The van der Waals surface area contributed by atoms with Crippen LogP contribution in [-0.4, -0.2) is 6.54 Å². The largest absolute Gasteiger partial charge is 0.335 e. The summed E-state index contributed by atoms with van der Waals surface area (Å²) in [5, 5.41) is 5.22. The summed E-state index contributed by atoms with van der Waals surface area (Å²) in [6.45, 7) is 8.55. The first-order chi connectivity index (χ1) is 14.7. The molecule has 0 saturated heterocycles. The minimum absolute atomic E-state index is 0.963. The lowest BCUT2D eigenvalue weighted by atomic mass is 10.1. The molecule has 5 rings (SSSR count). The van der Waals surface area contributed by atoms with Crippen LogP contribution in [0.4, 0.5) is 5.69 Å². The van der Waals surface area contributed by atoms with Crippen LogP contribution in [0.5, 0.6) is 0 Å². The number of benzene rings is 3. The van der Waals surface area contributed by atoms with Gasteiger partial charge in [-0.25, -0.2) is 0 Å². The Bertz CT molecular complexity index is 1310. The second-order valence-electron chi connectivity index (χ2n) is 7.50. The van der Waals surface area contributed by atoms with E-state index in [4.69, 9.17) is 0 Å². The average molecular weight is 430 g/mol. The van der Waals surface area contributed by atoms with Gasteiger partial charge in [0, 0.05) is 17.5 Å². The molecule has 0 N–H and O–H groups in total. The van der Waals surface area contributed by atoms with Gasteiger partial charge in [-0.1, -0.05) is 59.5 Å². The quantitative estimate of drug-likeness (QED) is 0.318. The first-order valence-electron chi connectivity index (χ1n) is 10.5. The third kappa shape index (κ3) is 3.24. The van der Waals surface area contributed by atoms with Crippen molar-refractivity contribution in [1.82, 2.24) is 0 Å². The van der Waals surface area contributed by atoms with Crippen LogP contribution in [0, 0.1) is 6.92 Å². The van der Waals surface area contributed by atoms with Crippen molar-refractivity contribution in [2.75, 3.05) is 11.4 Å². The Morgan fingerprint density at radius 1 is 1.03 bits per heavy atom. The van der Waals surface area contributed by atoms with E-state index in [2.05, 4.69) is 103 Å². The minimum Gasteiger partial charge on any atom is -0.335 e. The van der Waals surface area contributed by atoms with E-state index in [1.807, 2.05) is 23.1 Å². The molecule has 0 fully saturated rings. The molecule has 0 amide bonds. The maximum atomic E-state index is 2.44. The fraction of sp³-hybridized carbons (Fsp3) is 0.192. The lowest BCUT2D eigenvalue weighted by Gasteiger charge is -2.17. The average Bonchev–Trinajstić information content (AvgIpc) is 3.30. The van der Waals surface area contributed by atoms with Crippen molar-refractivity contribution in [2.24, 2.45) is 0 Å². The van der Waals surface area contributed by atoms with Crippen molar-refractivity contribution < 1.29 is 4.57 Å². The van der Waals surface area contributed by atoms with E-state index in [-0.39, 0.29) is 0 Å². The summed E-state index contributed by atoms with van der Waals surface area (Å²) in [6.07, 6.45) is 6.73. The van der Waals surface area contributed by atoms with E-state index >= 15 is 0 Å². The Kier molecular flexibility index (Phi) is 5.13. The Hall–Kier alpha value is -2.56. The molecule has 3 aromatic carbocycles. The van der Waals surface area contributed by atoms with Crippen LogP contribution in [0.2, 0.25) is 0 Å². The molecule has 0 bridgehead atoms. The van der Waals surface area contributed by atoms with Gasteiger partial charge in [0.1, 0.15) is 11.2 Å². The van der Waals surface area contributed by atoms with Crippen molar-refractivity contribution in [3.8, 4) is 0 Å². The summed E-state index contributed by atoms with van der Waals surface area (Å²) < 4.78 is 3.78. The fourth-order valence-corrected chi connectivity index (χ4v) is 6.58. The molecule has 0 aliphatic carbocycles. The van der Waals surface area contributed by atoms with Gasteiger partial charge in [-0.15, -0.1) is 0 Å². The van der Waals surface area contributed by atoms with Gasteiger partial charge >= 0.3 is 0 Å². The van der Waals surface area contributed by atoms with Crippen molar-refractivity contribution in [3.63, 3.8) is 0 Å². The van der Waals surface area contributed by atoms with Crippen molar-refractivity contribution in [2.45, 2.75) is 32.2 Å². The zero-order chi connectivity index (χ0) is 20.7. The summed E-state index contributed by atoms with van der Waals surface area (Å²) in [5.74, 6) is 0. The van der Waals surface area contributed by atoms with E-state index in [0.29, 0.717) is 0 Å². The van der Waals surface area contributed by atoms with Gasteiger partial charge in [-0.05, 0) is 62.1 Å². The topological polar surface area (TPSA) is 7.12 Å². The molecule has 30 heavy (non-hydrogen) atoms. The van der Waals surface area contributed by atoms with Crippen LogP contribution in [0.3, 0.4) is 0 Å². The number of allylic oxidation sites excluding steroid dienone is 2. The zero-order valence-corrected chi connectivity index (χ0v) is 19.2. The molecule has 0 atom stereocenters. The molecule has 4 heteroatoms. The maximum Gasteiger partial charge on any atom is 0.262 e. The minimum atomic E-state index is 0.963. The van der Waals surface area contributed by atoms with Crippen LogP contribution >= 0.6 is 23.1 Å². The van der Waals surface area contributed by atoms with Crippen molar-refractivity contribution >= 4 is 55.9 Å². The van der Waals surface area contributed by atoms with E-state index in [1.165, 1.54) is 47.2 Å². The van der Waals surface area contributed by atoms with E-state index in [9.17, 15) is 0 Å². The Balaban J connectivity index is 1.52. The molecule has 4 aromatic rings. The second kappa shape index (κ2) is 7.93. The first-order valence-corrected chi connectivity index (χ1v) is 12.1. The molecule has 2 nitrogen and oxygen atoms in total.